The molecule has 0 spiro atoms. The van der Waals surface area contributed by atoms with Gasteiger partial charge in [0.1, 0.15) is 0 Å². The second-order valence-electron chi connectivity index (χ2n) is 4.31. The summed E-state index contributed by atoms with van der Waals surface area (Å²) in [6.45, 7) is 1.74. The molecule has 1 heterocycles. The van der Waals surface area contributed by atoms with Crippen molar-refractivity contribution in [2.24, 2.45) is 0 Å². The van der Waals surface area contributed by atoms with Crippen LogP contribution in [0.4, 0.5) is 0 Å². The summed E-state index contributed by atoms with van der Waals surface area (Å²) in [5, 5.41) is 20.0. The molecule has 1 aromatic rings. The molecule has 0 aliphatic rings. The summed E-state index contributed by atoms with van der Waals surface area (Å²) in [5.74, 6) is -1.63. The van der Waals surface area contributed by atoms with Crippen LogP contribution in [0.3, 0.4) is 0 Å². The van der Waals surface area contributed by atoms with E-state index in [0.29, 0.717) is 0 Å². The van der Waals surface area contributed by atoms with E-state index in [1.54, 1.807) is 18.7 Å². The Balaban J connectivity index is 2.46. The number of imidazole rings is 1. The molecule has 3 N–H and O–H groups in total. The lowest BCUT2D eigenvalue weighted by molar-refractivity contribution is -0.146. The maximum Gasteiger partial charge on any atom is 0.334 e. The molecular formula is C12H19N3O4. The van der Waals surface area contributed by atoms with Gasteiger partial charge in [0, 0.05) is 24.9 Å². The number of hydrogen-bond donors (Lipinski definition) is 3. The molecular weight excluding hydrogens is 250 g/mol. The summed E-state index contributed by atoms with van der Waals surface area (Å²) < 4.78 is 1.86. The zero-order valence-corrected chi connectivity index (χ0v) is 10.8. The van der Waals surface area contributed by atoms with Crippen LogP contribution in [0.5, 0.6) is 0 Å². The molecule has 1 amide bonds. The highest BCUT2D eigenvalue weighted by molar-refractivity contribution is 5.78. The highest BCUT2D eigenvalue weighted by atomic mass is 16.4. The normalized spacial score (nSPS) is 13.8. The molecule has 106 valence electrons. The fourth-order valence-corrected chi connectivity index (χ4v) is 1.76. The Kier molecular flexibility index (Phi) is 6.01. The zero-order valence-electron chi connectivity index (χ0n) is 10.8. The largest absolute Gasteiger partial charge is 0.479 e. The SMILES string of the molecule is CCCC(CC(=O)NC[C@H](O)C(=O)O)n1ccnc1. The molecule has 0 bridgehead atoms. The second-order valence-corrected chi connectivity index (χ2v) is 4.31. The molecule has 0 aromatic carbocycles. The number of carboxylic acids is 1. The summed E-state index contributed by atoms with van der Waals surface area (Å²) in [7, 11) is 0. The number of carboxylic acid groups (broad SMARTS) is 1. The van der Waals surface area contributed by atoms with Crippen molar-refractivity contribution in [1.82, 2.24) is 14.9 Å². The van der Waals surface area contributed by atoms with Crippen molar-refractivity contribution in [2.45, 2.75) is 38.3 Å². The molecule has 19 heavy (non-hydrogen) atoms. The summed E-state index contributed by atoms with van der Waals surface area (Å²) in [6, 6.07) is -0.00512. The molecule has 1 aromatic heterocycles. The van der Waals surface area contributed by atoms with Gasteiger partial charge in [0.15, 0.2) is 6.10 Å². The first-order chi connectivity index (χ1) is 9.04. The van der Waals surface area contributed by atoms with Crippen LogP contribution in [-0.2, 0) is 9.59 Å². The lowest BCUT2D eigenvalue weighted by Gasteiger charge is -2.17. The van der Waals surface area contributed by atoms with Crippen LogP contribution < -0.4 is 5.32 Å². The highest BCUT2D eigenvalue weighted by Crippen LogP contribution is 2.17. The molecule has 0 saturated carbocycles. The first-order valence-electron chi connectivity index (χ1n) is 6.19. The van der Waals surface area contributed by atoms with E-state index in [0.717, 1.165) is 12.8 Å². The molecule has 0 fully saturated rings. The minimum atomic E-state index is -1.57. The van der Waals surface area contributed by atoms with E-state index in [-0.39, 0.29) is 24.9 Å². The summed E-state index contributed by atoms with van der Waals surface area (Å²) >= 11 is 0. The topological polar surface area (TPSA) is 104 Å². The van der Waals surface area contributed by atoms with Crippen LogP contribution >= 0.6 is 0 Å². The van der Waals surface area contributed by atoms with E-state index in [1.165, 1.54) is 0 Å². The van der Waals surface area contributed by atoms with Crippen LogP contribution in [-0.4, -0.2) is 44.3 Å². The minimum Gasteiger partial charge on any atom is -0.479 e. The Morgan fingerprint density at radius 1 is 1.47 bits per heavy atom. The molecule has 0 radical (unpaired) electrons. The monoisotopic (exact) mass is 269 g/mol. The molecule has 0 saturated heterocycles. The summed E-state index contributed by atoms with van der Waals surface area (Å²) in [5.41, 5.74) is 0. The van der Waals surface area contributed by atoms with Gasteiger partial charge in [0.25, 0.3) is 0 Å². The van der Waals surface area contributed by atoms with Crippen molar-refractivity contribution >= 4 is 11.9 Å². The van der Waals surface area contributed by atoms with E-state index in [4.69, 9.17) is 10.2 Å². The van der Waals surface area contributed by atoms with Crippen LogP contribution in [0.1, 0.15) is 32.2 Å². The fraction of sp³-hybridized carbons (Fsp3) is 0.583. The van der Waals surface area contributed by atoms with E-state index < -0.39 is 12.1 Å². The third-order valence-electron chi connectivity index (χ3n) is 2.77. The van der Waals surface area contributed by atoms with Crippen LogP contribution in [0.25, 0.3) is 0 Å². The number of hydrogen-bond acceptors (Lipinski definition) is 4. The van der Waals surface area contributed by atoms with Crippen molar-refractivity contribution in [3.63, 3.8) is 0 Å². The predicted molar refractivity (Wildman–Crippen MR) is 67.4 cm³/mol. The van der Waals surface area contributed by atoms with Crippen molar-refractivity contribution in [3.8, 4) is 0 Å². The number of amides is 1. The van der Waals surface area contributed by atoms with Crippen molar-refractivity contribution in [3.05, 3.63) is 18.7 Å². The average Bonchev–Trinajstić information content (AvgIpc) is 2.89. The lowest BCUT2D eigenvalue weighted by atomic mass is 10.1. The third-order valence-corrected chi connectivity index (χ3v) is 2.77. The van der Waals surface area contributed by atoms with Crippen LogP contribution in [0, 0.1) is 0 Å². The standard InChI is InChI=1S/C12H19N3O4/c1-2-3-9(15-5-4-13-8-15)6-11(17)14-7-10(16)12(18)19/h4-5,8-10,16H,2-3,6-7H2,1H3,(H,14,17)(H,18,19)/t9?,10-/m0/s1. The Bertz CT molecular complexity index is 405. The molecule has 7 nitrogen and oxygen atoms in total. The van der Waals surface area contributed by atoms with Gasteiger partial charge < -0.3 is 20.1 Å². The van der Waals surface area contributed by atoms with Crippen molar-refractivity contribution in [2.75, 3.05) is 6.54 Å². The zero-order chi connectivity index (χ0) is 14.3. The average molecular weight is 269 g/mol. The van der Waals surface area contributed by atoms with E-state index in [9.17, 15) is 9.59 Å². The molecule has 2 atom stereocenters. The maximum atomic E-state index is 11.7. The van der Waals surface area contributed by atoms with Gasteiger partial charge in [-0.2, -0.15) is 0 Å². The van der Waals surface area contributed by atoms with Gasteiger partial charge >= 0.3 is 5.97 Å². The van der Waals surface area contributed by atoms with Gasteiger partial charge in [-0.3, -0.25) is 4.79 Å². The van der Waals surface area contributed by atoms with Gasteiger partial charge in [-0.25, -0.2) is 9.78 Å². The second kappa shape index (κ2) is 7.52. The predicted octanol–water partition coefficient (Wildman–Crippen LogP) is 0.176. The van der Waals surface area contributed by atoms with Crippen LogP contribution in [0.2, 0.25) is 0 Å². The van der Waals surface area contributed by atoms with Gasteiger partial charge in [-0.15, -0.1) is 0 Å². The molecule has 1 unspecified atom stereocenters. The first kappa shape index (κ1) is 15.2. The molecule has 0 aliphatic heterocycles. The number of aromatic nitrogens is 2. The van der Waals surface area contributed by atoms with Gasteiger partial charge in [-0.05, 0) is 6.42 Å². The van der Waals surface area contributed by atoms with Crippen molar-refractivity contribution < 1.29 is 19.8 Å². The lowest BCUT2D eigenvalue weighted by Crippen LogP contribution is -2.37. The first-order valence-corrected chi connectivity index (χ1v) is 6.19. The number of aliphatic hydroxyl groups is 1. The van der Waals surface area contributed by atoms with Crippen molar-refractivity contribution in [1.29, 1.82) is 0 Å². The summed E-state index contributed by atoms with van der Waals surface area (Å²) in [6.07, 6.45) is 5.51. The van der Waals surface area contributed by atoms with Crippen LogP contribution in [0.15, 0.2) is 18.7 Å². The number of carbonyl (C=O) groups is 2. The van der Waals surface area contributed by atoms with Gasteiger partial charge in [-0.1, -0.05) is 13.3 Å². The van der Waals surface area contributed by atoms with Gasteiger partial charge in [0.2, 0.25) is 5.91 Å². The minimum absolute atomic E-state index is 0.00512. The fourth-order valence-electron chi connectivity index (χ4n) is 1.76. The van der Waals surface area contributed by atoms with E-state index >= 15 is 0 Å². The third kappa shape index (κ3) is 5.09. The Morgan fingerprint density at radius 3 is 2.74 bits per heavy atom. The number of nitrogens with zero attached hydrogens (tertiary/aromatic N) is 2. The molecule has 1 rings (SSSR count). The number of carbonyl (C=O) groups excluding carboxylic acids is 1. The number of aliphatic hydroxyl groups excluding tert-OH is 1. The smallest absolute Gasteiger partial charge is 0.334 e. The Hall–Kier alpha value is -1.89. The Morgan fingerprint density at radius 2 is 2.21 bits per heavy atom. The number of rotatable bonds is 8. The summed E-state index contributed by atoms with van der Waals surface area (Å²) in [4.78, 5) is 26.1. The maximum absolute atomic E-state index is 11.7. The molecule has 7 heteroatoms. The Labute approximate surface area is 111 Å². The van der Waals surface area contributed by atoms with E-state index in [2.05, 4.69) is 10.3 Å². The number of aliphatic carboxylic acids is 1. The highest BCUT2D eigenvalue weighted by Gasteiger charge is 2.17. The van der Waals surface area contributed by atoms with Gasteiger partial charge in [0.05, 0.1) is 12.9 Å². The van der Waals surface area contributed by atoms with E-state index in [1.807, 2.05) is 11.5 Å². The quantitative estimate of drug-likeness (QED) is 0.624. The molecule has 0 aliphatic carbocycles. The number of nitrogens with one attached hydrogen (secondary N) is 1.